The number of carbonyl (C=O) groups excluding carboxylic acids is 1. The van der Waals surface area contributed by atoms with Crippen molar-refractivity contribution in [1.29, 1.82) is 0 Å². The first kappa shape index (κ1) is 14.7. The monoisotopic (exact) mass is 278 g/mol. The second-order valence-electron chi connectivity index (χ2n) is 5.09. The van der Waals surface area contributed by atoms with E-state index in [1.54, 1.807) is 11.0 Å². The average molecular weight is 278 g/mol. The van der Waals surface area contributed by atoms with Gasteiger partial charge >= 0.3 is 0 Å². The lowest BCUT2D eigenvalue weighted by molar-refractivity contribution is -0.132. The van der Waals surface area contributed by atoms with Crippen molar-refractivity contribution in [3.05, 3.63) is 23.8 Å². The molecule has 1 atom stereocenters. The number of nitrogens with zero attached hydrogens (tertiary/aromatic N) is 1. The van der Waals surface area contributed by atoms with Crippen molar-refractivity contribution in [3.63, 3.8) is 0 Å². The summed E-state index contributed by atoms with van der Waals surface area (Å²) in [7, 11) is 1.82. The molecule has 1 saturated heterocycles. The van der Waals surface area contributed by atoms with E-state index in [9.17, 15) is 9.90 Å². The molecule has 5 heteroatoms. The Morgan fingerprint density at radius 1 is 1.50 bits per heavy atom. The fourth-order valence-corrected chi connectivity index (χ4v) is 2.42. The highest BCUT2D eigenvalue weighted by Gasteiger charge is 2.22. The molecule has 1 aromatic carbocycles. The first-order valence-electron chi connectivity index (χ1n) is 7.02. The Bertz CT molecular complexity index is 476. The zero-order chi connectivity index (χ0) is 14.5. The smallest absolute Gasteiger partial charge is 0.222 e. The number of piperidine rings is 1. The molecule has 0 bridgehead atoms. The van der Waals surface area contributed by atoms with Crippen molar-refractivity contribution in [2.75, 3.05) is 20.2 Å². The molecule has 1 aliphatic rings. The fourth-order valence-electron chi connectivity index (χ4n) is 2.42. The maximum absolute atomic E-state index is 11.4. The Hall–Kier alpha value is -1.75. The third-order valence-electron chi connectivity index (χ3n) is 3.59. The lowest BCUT2D eigenvalue weighted by Gasteiger charge is -2.30. The van der Waals surface area contributed by atoms with Gasteiger partial charge < -0.3 is 20.1 Å². The van der Waals surface area contributed by atoms with Crippen LogP contribution < -0.4 is 10.1 Å². The third kappa shape index (κ3) is 3.42. The van der Waals surface area contributed by atoms with E-state index in [-0.39, 0.29) is 17.7 Å². The van der Waals surface area contributed by atoms with E-state index < -0.39 is 0 Å². The molecule has 0 spiro atoms. The van der Waals surface area contributed by atoms with Crippen LogP contribution in [0, 0.1) is 0 Å². The van der Waals surface area contributed by atoms with Gasteiger partial charge in [0.2, 0.25) is 5.91 Å². The van der Waals surface area contributed by atoms with Gasteiger partial charge in [0, 0.05) is 38.2 Å². The van der Waals surface area contributed by atoms with E-state index in [1.165, 1.54) is 0 Å². The van der Waals surface area contributed by atoms with E-state index >= 15 is 0 Å². The van der Waals surface area contributed by atoms with Gasteiger partial charge in [0.15, 0.2) is 11.5 Å². The number of ether oxygens (including phenoxy) is 1. The van der Waals surface area contributed by atoms with Crippen LogP contribution in [0.4, 0.5) is 0 Å². The molecular weight excluding hydrogens is 256 g/mol. The molecule has 0 saturated carbocycles. The standard InChI is InChI=1S/C15H22N2O3/c1-3-20-13-6-4-5-11(15(13)19)9-16-12-7-8-14(18)17(2)10-12/h4-6,12,16,19H,3,7-10H2,1-2H3. The highest BCUT2D eigenvalue weighted by atomic mass is 16.5. The highest BCUT2D eigenvalue weighted by molar-refractivity contribution is 5.76. The summed E-state index contributed by atoms with van der Waals surface area (Å²) in [6.07, 6.45) is 1.42. The summed E-state index contributed by atoms with van der Waals surface area (Å²) in [6, 6.07) is 5.78. The van der Waals surface area contributed by atoms with Gasteiger partial charge in [0.1, 0.15) is 0 Å². The minimum atomic E-state index is 0.196. The number of aromatic hydroxyl groups is 1. The molecule has 1 aromatic rings. The normalized spacial score (nSPS) is 19.2. The molecule has 0 aromatic heterocycles. The van der Waals surface area contributed by atoms with Crippen LogP contribution in [0.15, 0.2) is 18.2 Å². The SMILES string of the molecule is CCOc1cccc(CNC2CCC(=O)N(C)C2)c1O. The van der Waals surface area contributed by atoms with Crippen molar-refractivity contribution in [3.8, 4) is 11.5 Å². The van der Waals surface area contributed by atoms with Crippen LogP contribution in [0.5, 0.6) is 11.5 Å². The molecule has 0 radical (unpaired) electrons. The van der Waals surface area contributed by atoms with Crippen LogP contribution in [0.25, 0.3) is 0 Å². The first-order valence-corrected chi connectivity index (χ1v) is 7.02. The number of nitrogens with one attached hydrogen (secondary N) is 1. The number of amides is 1. The molecule has 1 fully saturated rings. The fraction of sp³-hybridized carbons (Fsp3) is 0.533. The van der Waals surface area contributed by atoms with Crippen LogP contribution in [-0.2, 0) is 11.3 Å². The van der Waals surface area contributed by atoms with Crippen LogP contribution >= 0.6 is 0 Å². The third-order valence-corrected chi connectivity index (χ3v) is 3.59. The molecule has 20 heavy (non-hydrogen) atoms. The number of rotatable bonds is 5. The first-order chi connectivity index (χ1) is 9.61. The number of para-hydroxylation sites is 1. The Labute approximate surface area is 119 Å². The summed E-state index contributed by atoms with van der Waals surface area (Å²) in [5.74, 6) is 0.911. The van der Waals surface area contributed by atoms with Crippen molar-refractivity contribution in [1.82, 2.24) is 10.2 Å². The van der Waals surface area contributed by atoms with Crippen molar-refractivity contribution in [2.24, 2.45) is 0 Å². The summed E-state index contributed by atoms with van der Waals surface area (Å²) >= 11 is 0. The number of benzene rings is 1. The molecule has 1 heterocycles. The summed E-state index contributed by atoms with van der Waals surface area (Å²) in [6.45, 7) is 3.70. The Balaban J connectivity index is 1.94. The number of likely N-dealkylation sites (tertiary alicyclic amines) is 1. The van der Waals surface area contributed by atoms with Crippen LogP contribution in [0.2, 0.25) is 0 Å². The van der Waals surface area contributed by atoms with Crippen LogP contribution in [0.1, 0.15) is 25.3 Å². The van der Waals surface area contributed by atoms with Crippen LogP contribution in [0.3, 0.4) is 0 Å². The summed E-state index contributed by atoms with van der Waals surface area (Å²) < 4.78 is 5.37. The zero-order valence-electron chi connectivity index (χ0n) is 12.1. The Morgan fingerprint density at radius 2 is 2.30 bits per heavy atom. The van der Waals surface area contributed by atoms with Gasteiger partial charge in [0.25, 0.3) is 0 Å². The number of carbonyl (C=O) groups is 1. The molecule has 2 rings (SSSR count). The van der Waals surface area contributed by atoms with Crippen LogP contribution in [-0.4, -0.2) is 42.2 Å². The maximum Gasteiger partial charge on any atom is 0.222 e. The van der Waals surface area contributed by atoms with E-state index in [2.05, 4.69) is 5.32 Å². The topological polar surface area (TPSA) is 61.8 Å². The Morgan fingerprint density at radius 3 is 3.00 bits per heavy atom. The summed E-state index contributed by atoms with van der Waals surface area (Å²) in [5.41, 5.74) is 0.815. The van der Waals surface area contributed by atoms with E-state index in [1.807, 2.05) is 26.1 Å². The minimum absolute atomic E-state index is 0.196. The molecule has 0 aliphatic carbocycles. The average Bonchev–Trinajstić information content (AvgIpc) is 2.44. The molecular formula is C15H22N2O3. The van der Waals surface area contributed by atoms with Gasteiger partial charge in [-0.15, -0.1) is 0 Å². The van der Waals surface area contributed by atoms with Gasteiger partial charge in [-0.25, -0.2) is 0 Å². The molecule has 2 N–H and O–H groups in total. The van der Waals surface area contributed by atoms with Gasteiger partial charge in [-0.3, -0.25) is 4.79 Å². The molecule has 1 aliphatic heterocycles. The van der Waals surface area contributed by atoms with Gasteiger partial charge in [-0.2, -0.15) is 0 Å². The second-order valence-corrected chi connectivity index (χ2v) is 5.09. The Kier molecular flexibility index (Phi) is 4.84. The summed E-state index contributed by atoms with van der Waals surface area (Å²) in [4.78, 5) is 13.2. The second kappa shape index (κ2) is 6.61. The lowest BCUT2D eigenvalue weighted by atomic mass is 10.1. The van der Waals surface area contributed by atoms with Crippen molar-refractivity contribution < 1.29 is 14.6 Å². The number of phenols is 1. The number of likely N-dealkylation sites (N-methyl/N-ethyl adjacent to an activating group) is 1. The highest BCUT2D eigenvalue weighted by Crippen LogP contribution is 2.29. The van der Waals surface area contributed by atoms with Gasteiger partial charge in [-0.05, 0) is 19.4 Å². The van der Waals surface area contributed by atoms with Crippen molar-refractivity contribution in [2.45, 2.75) is 32.4 Å². The minimum Gasteiger partial charge on any atom is -0.504 e. The molecule has 5 nitrogen and oxygen atoms in total. The predicted molar refractivity (Wildman–Crippen MR) is 76.8 cm³/mol. The van der Waals surface area contributed by atoms with E-state index in [0.717, 1.165) is 12.0 Å². The number of phenolic OH excluding ortho intramolecular Hbond substituents is 1. The van der Waals surface area contributed by atoms with Crippen molar-refractivity contribution >= 4 is 5.91 Å². The number of hydrogen-bond acceptors (Lipinski definition) is 4. The van der Waals surface area contributed by atoms with E-state index in [4.69, 9.17) is 4.74 Å². The maximum atomic E-state index is 11.4. The molecule has 1 amide bonds. The quantitative estimate of drug-likeness (QED) is 0.857. The molecule has 110 valence electrons. The van der Waals surface area contributed by atoms with Gasteiger partial charge in [0.05, 0.1) is 6.61 Å². The number of hydrogen-bond donors (Lipinski definition) is 2. The van der Waals surface area contributed by atoms with Gasteiger partial charge in [-0.1, -0.05) is 12.1 Å². The predicted octanol–water partition coefficient (Wildman–Crippen LogP) is 1.50. The van der Waals surface area contributed by atoms with E-state index in [0.29, 0.717) is 31.9 Å². The largest absolute Gasteiger partial charge is 0.504 e. The summed E-state index contributed by atoms with van der Waals surface area (Å²) in [5, 5.41) is 13.5. The lowest BCUT2D eigenvalue weighted by Crippen LogP contribution is -2.46. The zero-order valence-corrected chi connectivity index (χ0v) is 12.1. The molecule has 1 unspecified atom stereocenters.